The molecule has 19 heavy (non-hydrogen) atoms. The fourth-order valence-electron chi connectivity index (χ4n) is 1.51. The summed E-state index contributed by atoms with van der Waals surface area (Å²) in [5, 5.41) is 6.25. The molecular formula is C11H12F2N4O2. The number of amides is 1. The molecule has 0 aliphatic rings. The number of carbonyl (C=O) groups excluding carboxylic acids is 1. The Morgan fingerprint density at radius 3 is 3.00 bits per heavy atom. The van der Waals surface area contributed by atoms with E-state index in [4.69, 9.17) is 10.2 Å². The van der Waals surface area contributed by atoms with Crippen molar-refractivity contribution in [2.45, 2.75) is 19.5 Å². The number of rotatable bonds is 5. The third-order valence-electron chi connectivity index (χ3n) is 2.33. The van der Waals surface area contributed by atoms with Gasteiger partial charge in [-0.1, -0.05) is 0 Å². The van der Waals surface area contributed by atoms with Crippen LogP contribution in [0.25, 0.3) is 0 Å². The van der Waals surface area contributed by atoms with Crippen LogP contribution >= 0.6 is 0 Å². The van der Waals surface area contributed by atoms with Gasteiger partial charge in [-0.05, 0) is 12.1 Å². The summed E-state index contributed by atoms with van der Waals surface area (Å²) >= 11 is 0. The molecular weight excluding hydrogens is 258 g/mol. The van der Waals surface area contributed by atoms with Crippen molar-refractivity contribution < 1.29 is 18.0 Å². The molecule has 0 bridgehead atoms. The van der Waals surface area contributed by atoms with Crippen LogP contribution in [0.3, 0.4) is 0 Å². The molecule has 6 nitrogen and oxygen atoms in total. The zero-order valence-corrected chi connectivity index (χ0v) is 9.85. The van der Waals surface area contributed by atoms with E-state index in [9.17, 15) is 13.6 Å². The number of furan rings is 1. The summed E-state index contributed by atoms with van der Waals surface area (Å²) in [4.78, 5) is 11.8. The van der Waals surface area contributed by atoms with Crippen LogP contribution in [0, 0.1) is 0 Å². The van der Waals surface area contributed by atoms with Crippen molar-refractivity contribution >= 4 is 11.6 Å². The summed E-state index contributed by atoms with van der Waals surface area (Å²) in [6, 6.07) is 3.38. The summed E-state index contributed by atoms with van der Waals surface area (Å²) in [6.07, 6.45) is 0.125. The highest BCUT2D eigenvalue weighted by Gasteiger charge is 2.16. The van der Waals surface area contributed by atoms with Gasteiger partial charge in [0.15, 0.2) is 5.69 Å². The third kappa shape index (κ3) is 3.30. The summed E-state index contributed by atoms with van der Waals surface area (Å²) in [6.45, 7) is -0.428. The van der Waals surface area contributed by atoms with Gasteiger partial charge in [0.2, 0.25) is 0 Å². The van der Waals surface area contributed by atoms with E-state index < -0.39 is 18.9 Å². The predicted molar refractivity (Wildman–Crippen MR) is 62.5 cm³/mol. The number of nitrogens with zero attached hydrogens (tertiary/aromatic N) is 2. The molecule has 0 unspecified atom stereocenters. The maximum absolute atomic E-state index is 12.2. The molecule has 2 heterocycles. The largest absolute Gasteiger partial charge is 0.467 e. The van der Waals surface area contributed by atoms with Crippen molar-refractivity contribution in [1.29, 1.82) is 0 Å². The number of hydrogen-bond donors (Lipinski definition) is 2. The van der Waals surface area contributed by atoms with E-state index in [2.05, 4.69) is 10.4 Å². The number of nitrogens with one attached hydrogen (secondary N) is 1. The first-order valence-electron chi connectivity index (χ1n) is 5.48. The lowest BCUT2D eigenvalue weighted by Gasteiger charge is -2.01. The molecule has 2 aromatic heterocycles. The van der Waals surface area contributed by atoms with Crippen LogP contribution in [-0.2, 0) is 13.1 Å². The third-order valence-corrected chi connectivity index (χ3v) is 2.33. The SMILES string of the molecule is Nc1cn(CC(F)F)nc1C(=O)NCc1ccco1. The first kappa shape index (κ1) is 13.1. The van der Waals surface area contributed by atoms with Gasteiger partial charge < -0.3 is 15.5 Å². The molecule has 0 spiro atoms. The molecule has 1 amide bonds. The van der Waals surface area contributed by atoms with Crippen molar-refractivity contribution in [3.8, 4) is 0 Å². The highest BCUT2D eigenvalue weighted by molar-refractivity contribution is 5.96. The van der Waals surface area contributed by atoms with Crippen molar-refractivity contribution in [2.75, 3.05) is 5.73 Å². The summed E-state index contributed by atoms with van der Waals surface area (Å²) in [7, 11) is 0. The Bertz CT molecular complexity index is 551. The first-order chi connectivity index (χ1) is 9.06. The minimum absolute atomic E-state index is 0.0533. The van der Waals surface area contributed by atoms with Gasteiger partial charge in [-0.3, -0.25) is 9.48 Å². The second kappa shape index (κ2) is 5.51. The van der Waals surface area contributed by atoms with Crippen molar-refractivity contribution in [1.82, 2.24) is 15.1 Å². The quantitative estimate of drug-likeness (QED) is 0.856. The molecule has 2 aromatic rings. The zero-order chi connectivity index (χ0) is 13.8. The van der Waals surface area contributed by atoms with Crippen molar-refractivity contribution in [3.05, 3.63) is 36.0 Å². The Morgan fingerprint density at radius 1 is 1.58 bits per heavy atom. The Balaban J connectivity index is 2.00. The van der Waals surface area contributed by atoms with Gasteiger partial charge in [0.1, 0.15) is 12.3 Å². The van der Waals surface area contributed by atoms with Crippen LogP contribution in [0.2, 0.25) is 0 Å². The summed E-state index contributed by atoms with van der Waals surface area (Å²) in [5.41, 5.74) is 5.53. The van der Waals surface area contributed by atoms with Gasteiger partial charge in [-0.15, -0.1) is 0 Å². The van der Waals surface area contributed by atoms with Gasteiger partial charge in [0, 0.05) is 6.20 Å². The van der Waals surface area contributed by atoms with E-state index in [1.54, 1.807) is 12.1 Å². The number of hydrogen-bond acceptors (Lipinski definition) is 4. The van der Waals surface area contributed by atoms with Crippen LogP contribution in [-0.4, -0.2) is 22.1 Å². The topological polar surface area (TPSA) is 86.1 Å². The smallest absolute Gasteiger partial charge is 0.274 e. The number of anilines is 1. The van der Waals surface area contributed by atoms with Crippen LogP contribution in [0.1, 0.15) is 16.2 Å². The summed E-state index contributed by atoms with van der Waals surface area (Å²) < 4.78 is 30.3. The van der Waals surface area contributed by atoms with E-state index in [-0.39, 0.29) is 17.9 Å². The van der Waals surface area contributed by atoms with Gasteiger partial charge in [-0.25, -0.2) is 8.78 Å². The van der Waals surface area contributed by atoms with E-state index in [0.717, 1.165) is 4.68 Å². The Hall–Kier alpha value is -2.38. The maximum atomic E-state index is 12.2. The lowest BCUT2D eigenvalue weighted by molar-refractivity contribution is 0.0938. The number of aromatic nitrogens is 2. The Kier molecular flexibility index (Phi) is 3.79. The normalized spacial score (nSPS) is 10.9. The molecule has 0 saturated carbocycles. The van der Waals surface area contributed by atoms with Gasteiger partial charge in [0.05, 0.1) is 18.5 Å². The second-order valence-electron chi connectivity index (χ2n) is 3.81. The van der Waals surface area contributed by atoms with E-state index >= 15 is 0 Å². The minimum atomic E-state index is -2.56. The number of nitrogens with two attached hydrogens (primary N) is 1. The number of alkyl halides is 2. The minimum Gasteiger partial charge on any atom is -0.467 e. The fourth-order valence-corrected chi connectivity index (χ4v) is 1.51. The molecule has 0 fully saturated rings. The van der Waals surface area contributed by atoms with Crippen LogP contribution < -0.4 is 11.1 Å². The van der Waals surface area contributed by atoms with E-state index in [1.807, 2.05) is 0 Å². The lowest BCUT2D eigenvalue weighted by Crippen LogP contribution is -2.24. The number of nitrogen functional groups attached to an aromatic ring is 1. The van der Waals surface area contributed by atoms with Gasteiger partial charge >= 0.3 is 0 Å². The molecule has 0 aliphatic heterocycles. The molecule has 0 aromatic carbocycles. The monoisotopic (exact) mass is 270 g/mol. The maximum Gasteiger partial charge on any atom is 0.274 e. The fraction of sp³-hybridized carbons (Fsp3) is 0.273. The molecule has 0 radical (unpaired) electrons. The molecule has 102 valence electrons. The van der Waals surface area contributed by atoms with Crippen LogP contribution in [0.4, 0.5) is 14.5 Å². The molecule has 0 atom stereocenters. The highest BCUT2D eigenvalue weighted by Crippen LogP contribution is 2.11. The number of halogens is 2. The number of carbonyl (C=O) groups is 1. The van der Waals surface area contributed by atoms with Crippen molar-refractivity contribution in [2.24, 2.45) is 0 Å². The predicted octanol–water partition coefficient (Wildman–Crippen LogP) is 1.25. The molecule has 0 saturated heterocycles. The average molecular weight is 270 g/mol. The van der Waals surface area contributed by atoms with Gasteiger partial charge in [0.25, 0.3) is 12.3 Å². The second-order valence-corrected chi connectivity index (χ2v) is 3.81. The average Bonchev–Trinajstić information content (AvgIpc) is 2.95. The zero-order valence-electron chi connectivity index (χ0n) is 9.85. The van der Waals surface area contributed by atoms with E-state index in [1.165, 1.54) is 12.5 Å². The summed E-state index contributed by atoms with van der Waals surface area (Å²) in [5.74, 6) is 0.0286. The molecule has 2 rings (SSSR count). The lowest BCUT2D eigenvalue weighted by atomic mass is 10.3. The highest BCUT2D eigenvalue weighted by atomic mass is 19.3. The Labute approximate surface area is 107 Å². The molecule has 0 aliphatic carbocycles. The molecule has 8 heteroatoms. The van der Waals surface area contributed by atoms with Crippen molar-refractivity contribution in [3.63, 3.8) is 0 Å². The Morgan fingerprint density at radius 2 is 2.37 bits per heavy atom. The molecule has 3 N–H and O–H groups in total. The van der Waals surface area contributed by atoms with Gasteiger partial charge in [-0.2, -0.15) is 5.10 Å². The van der Waals surface area contributed by atoms with Crippen LogP contribution in [0.15, 0.2) is 29.0 Å². The first-order valence-corrected chi connectivity index (χ1v) is 5.48. The van der Waals surface area contributed by atoms with E-state index in [0.29, 0.717) is 5.76 Å². The van der Waals surface area contributed by atoms with Crippen LogP contribution in [0.5, 0.6) is 0 Å². The standard InChI is InChI=1S/C11H12F2N4O2/c12-9(13)6-17-5-8(14)10(16-17)11(18)15-4-7-2-1-3-19-7/h1-3,5,9H,4,6,14H2,(H,15,18).